The maximum Gasteiger partial charge on any atom is 0.318 e. The average Bonchev–Trinajstić information content (AvgIpc) is 2.85. The van der Waals surface area contributed by atoms with Gasteiger partial charge in [-0.2, -0.15) is 0 Å². The lowest BCUT2D eigenvalue weighted by Gasteiger charge is -2.36. The number of piperazine rings is 1. The predicted molar refractivity (Wildman–Crippen MR) is 142 cm³/mol. The number of unbranched alkanes of at least 4 members (excludes halogenated alkanes) is 1. The van der Waals surface area contributed by atoms with Crippen molar-refractivity contribution in [1.82, 2.24) is 20.0 Å². The van der Waals surface area contributed by atoms with E-state index in [2.05, 4.69) is 29.3 Å². The third-order valence-electron chi connectivity index (χ3n) is 6.42. The second-order valence-corrected chi connectivity index (χ2v) is 10.7. The number of halogens is 1. The lowest BCUT2D eigenvalue weighted by Crippen LogP contribution is -2.52. The monoisotopic (exact) mass is 496 g/mol. The van der Waals surface area contributed by atoms with E-state index in [0.717, 1.165) is 43.5 Å². The van der Waals surface area contributed by atoms with Crippen LogP contribution in [0.2, 0.25) is 0 Å². The highest BCUT2D eigenvalue weighted by Crippen LogP contribution is 2.13. The summed E-state index contributed by atoms with van der Waals surface area (Å²) in [5.74, 6) is -0.205. The van der Waals surface area contributed by atoms with Gasteiger partial charge in [0.05, 0.1) is 0 Å². The molecule has 1 aliphatic heterocycles. The van der Waals surface area contributed by atoms with Crippen LogP contribution in [-0.4, -0.2) is 71.4 Å². The Hall–Kier alpha value is -2.93. The van der Waals surface area contributed by atoms with Crippen molar-refractivity contribution < 1.29 is 14.0 Å². The van der Waals surface area contributed by atoms with Crippen LogP contribution in [0.25, 0.3) is 0 Å². The van der Waals surface area contributed by atoms with Crippen LogP contribution in [0.1, 0.15) is 62.0 Å². The summed E-state index contributed by atoms with van der Waals surface area (Å²) in [6.45, 7) is 12.6. The van der Waals surface area contributed by atoms with E-state index in [0.29, 0.717) is 32.7 Å². The maximum atomic E-state index is 13.3. The first-order valence-corrected chi connectivity index (χ1v) is 13.1. The molecule has 2 aromatic rings. The van der Waals surface area contributed by atoms with Crippen molar-refractivity contribution in [3.8, 4) is 0 Å². The molecule has 0 aromatic heterocycles. The Balaban J connectivity index is 1.52. The van der Waals surface area contributed by atoms with Crippen molar-refractivity contribution in [2.24, 2.45) is 0 Å². The number of carbonyl (C=O) groups excluding carboxylic acids is 2. The number of aryl methyl sites for hydroxylation is 1. The van der Waals surface area contributed by atoms with Crippen molar-refractivity contribution in [3.63, 3.8) is 0 Å². The first-order chi connectivity index (χ1) is 17.1. The molecular formula is C29H41FN4O2. The molecule has 1 N–H and O–H groups in total. The van der Waals surface area contributed by atoms with Crippen molar-refractivity contribution in [2.75, 3.05) is 39.3 Å². The molecule has 3 rings (SSSR count). The van der Waals surface area contributed by atoms with E-state index in [1.54, 1.807) is 17.0 Å². The van der Waals surface area contributed by atoms with Crippen molar-refractivity contribution in [3.05, 3.63) is 71.0 Å². The Bertz CT molecular complexity index is 978. The fourth-order valence-corrected chi connectivity index (χ4v) is 4.28. The van der Waals surface area contributed by atoms with E-state index in [1.165, 1.54) is 17.7 Å². The zero-order chi connectivity index (χ0) is 26.1. The molecule has 1 aliphatic rings. The van der Waals surface area contributed by atoms with Gasteiger partial charge in [-0.1, -0.05) is 37.6 Å². The number of nitrogens with zero attached hydrogens (tertiary/aromatic N) is 3. The molecule has 196 valence electrons. The first kappa shape index (κ1) is 27.7. The van der Waals surface area contributed by atoms with Crippen LogP contribution in [0.4, 0.5) is 9.18 Å². The van der Waals surface area contributed by atoms with Crippen LogP contribution in [0.5, 0.6) is 0 Å². The van der Waals surface area contributed by atoms with Gasteiger partial charge in [0.15, 0.2) is 0 Å². The molecule has 36 heavy (non-hydrogen) atoms. The predicted octanol–water partition coefficient (Wildman–Crippen LogP) is 4.94. The molecule has 1 saturated heterocycles. The number of carbonyl (C=O) groups is 2. The summed E-state index contributed by atoms with van der Waals surface area (Å²) >= 11 is 0. The summed E-state index contributed by atoms with van der Waals surface area (Å²) in [6, 6.07) is 14.2. The third kappa shape index (κ3) is 8.63. The Morgan fingerprint density at radius 2 is 1.56 bits per heavy atom. The number of hydrogen-bond donors (Lipinski definition) is 1. The fraction of sp³-hybridized carbons (Fsp3) is 0.517. The minimum absolute atomic E-state index is 0.0826. The lowest BCUT2D eigenvalue weighted by molar-refractivity contribution is 0.0627. The van der Waals surface area contributed by atoms with Crippen LogP contribution in [0.3, 0.4) is 0 Å². The van der Waals surface area contributed by atoms with Crippen molar-refractivity contribution in [1.29, 1.82) is 0 Å². The van der Waals surface area contributed by atoms with E-state index in [-0.39, 0.29) is 23.3 Å². The Morgan fingerprint density at radius 3 is 2.14 bits per heavy atom. The smallest absolute Gasteiger partial charge is 0.318 e. The van der Waals surface area contributed by atoms with Gasteiger partial charge < -0.3 is 15.1 Å². The molecule has 2 aromatic carbocycles. The van der Waals surface area contributed by atoms with Gasteiger partial charge in [0.2, 0.25) is 0 Å². The highest BCUT2D eigenvalue weighted by Gasteiger charge is 2.24. The fourth-order valence-electron chi connectivity index (χ4n) is 4.28. The molecule has 6 nitrogen and oxygen atoms in total. The van der Waals surface area contributed by atoms with Gasteiger partial charge in [-0.25, -0.2) is 9.18 Å². The van der Waals surface area contributed by atoms with Crippen LogP contribution in [0.15, 0.2) is 48.5 Å². The molecule has 0 saturated carbocycles. The Kier molecular flexibility index (Phi) is 9.88. The lowest BCUT2D eigenvalue weighted by atomic mass is 10.1. The topological polar surface area (TPSA) is 55.9 Å². The summed E-state index contributed by atoms with van der Waals surface area (Å²) in [6.07, 6.45) is 3.38. The maximum absolute atomic E-state index is 13.3. The molecule has 0 aliphatic carbocycles. The number of rotatable bonds is 9. The molecule has 0 spiro atoms. The van der Waals surface area contributed by atoms with E-state index < -0.39 is 0 Å². The SMILES string of the molecule is CCCCc1ccc(C(=O)N2CCN(CCN(Cc3ccc(F)cc3)C(=O)NC(C)(C)C)CC2)cc1. The quantitative estimate of drug-likeness (QED) is 0.535. The van der Waals surface area contributed by atoms with Gasteiger partial charge in [-0.3, -0.25) is 9.69 Å². The van der Waals surface area contributed by atoms with Crippen LogP contribution in [-0.2, 0) is 13.0 Å². The standard InChI is InChI=1S/C29H41FN4O2/c1-5-6-7-23-8-12-25(13-9-23)27(35)33-19-16-32(17-20-33)18-21-34(28(36)31-29(2,3)4)22-24-10-14-26(30)15-11-24/h8-15H,5-7,16-22H2,1-4H3,(H,31,36). The number of amides is 3. The molecule has 0 atom stereocenters. The highest BCUT2D eigenvalue weighted by atomic mass is 19.1. The van der Waals surface area contributed by atoms with E-state index in [9.17, 15) is 14.0 Å². The van der Waals surface area contributed by atoms with Gasteiger partial charge in [0, 0.05) is 56.9 Å². The molecule has 1 heterocycles. The summed E-state index contributed by atoms with van der Waals surface area (Å²) in [5.41, 5.74) is 2.56. The molecular weight excluding hydrogens is 455 g/mol. The van der Waals surface area contributed by atoms with Gasteiger partial charge in [-0.05, 0) is 69.0 Å². The third-order valence-corrected chi connectivity index (χ3v) is 6.42. The number of hydrogen-bond acceptors (Lipinski definition) is 3. The number of nitrogens with one attached hydrogen (secondary N) is 1. The second kappa shape index (κ2) is 12.9. The zero-order valence-corrected chi connectivity index (χ0v) is 22.2. The minimum atomic E-state index is -0.349. The Morgan fingerprint density at radius 1 is 0.944 bits per heavy atom. The normalized spacial score (nSPS) is 14.5. The van der Waals surface area contributed by atoms with E-state index in [1.807, 2.05) is 37.8 Å². The molecule has 1 fully saturated rings. The molecule has 0 radical (unpaired) electrons. The summed E-state index contributed by atoms with van der Waals surface area (Å²) in [5, 5.41) is 3.04. The second-order valence-electron chi connectivity index (χ2n) is 10.7. The molecule has 3 amide bonds. The van der Waals surface area contributed by atoms with Gasteiger partial charge in [-0.15, -0.1) is 0 Å². The zero-order valence-electron chi connectivity index (χ0n) is 22.2. The summed E-state index contributed by atoms with van der Waals surface area (Å²) in [4.78, 5) is 31.9. The molecule has 0 bridgehead atoms. The van der Waals surface area contributed by atoms with Gasteiger partial charge in [0.1, 0.15) is 5.82 Å². The van der Waals surface area contributed by atoms with Crippen LogP contribution < -0.4 is 5.32 Å². The van der Waals surface area contributed by atoms with E-state index in [4.69, 9.17) is 0 Å². The van der Waals surface area contributed by atoms with E-state index >= 15 is 0 Å². The van der Waals surface area contributed by atoms with Crippen molar-refractivity contribution in [2.45, 2.75) is 59.0 Å². The molecule has 7 heteroatoms. The minimum Gasteiger partial charge on any atom is -0.336 e. The number of urea groups is 1. The number of benzene rings is 2. The van der Waals surface area contributed by atoms with Gasteiger partial charge >= 0.3 is 6.03 Å². The molecule has 0 unspecified atom stereocenters. The van der Waals surface area contributed by atoms with Crippen LogP contribution >= 0.6 is 0 Å². The Labute approximate surface area is 215 Å². The summed E-state index contributed by atoms with van der Waals surface area (Å²) < 4.78 is 13.3. The largest absolute Gasteiger partial charge is 0.336 e. The van der Waals surface area contributed by atoms with Gasteiger partial charge in [0.25, 0.3) is 5.91 Å². The average molecular weight is 497 g/mol. The summed E-state index contributed by atoms with van der Waals surface area (Å²) in [7, 11) is 0. The highest BCUT2D eigenvalue weighted by molar-refractivity contribution is 5.94. The van der Waals surface area contributed by atoms with Crippen LogP contribution in [0, 0.1) is 5.82 Å². The first-order valence-electron chi connectivity index (χ1n) is 13.1. The van der Waals surface area contributed by atoms with Crippen molar-refractivity contribution >= 4 is 11.9 Å².